The molecule has 0 spiro atoms. The van der Waals surface area contributed by atoms with Crippen LogP contribution in [0.1, 0.15) is 26.2 Å². The lowest BCUT2D eigenvalue weighted by Gasteiger charge is -2.10. The third-order valence-electron chi connectivity index (χ3n) is 2.75. The second kappa shape index (κ2) is 7.30. The molecule has 0 saturated carbocycles. The molecule has 1 atom stereocenters. The number of hydrogen-bond donors (Lipinski definition) is 2. The molecule has 0 saturated heterocycles. The van der Waals surface area contributed by atoms with E-state index in [1.807, 2.05) is 6.92 Å². The van der Waals surface area contributed by atoms with Crippen molar-refractivity contribution in [3.8, 4) is 0 Å². The molecule has 0 aliphatic rings. The minimum Gasteiger partial charge on any atom is -0.481 e. The minimum absolute atomic E-state index is 0.00331. The molecule has 104 valence electrons. The highest BCUT2D eigenvalue weighted by molar-refractivity contribution is 5.66. The maximum absolute atomic E-state index is 10.6. The van der Waals surface area contributed by atoms with Crippen molar-refractivity contribution in [3.05, 3.63) is 28.4 Å². The van der Waals surface area contributed by atoms with Crippen molar-refractivity contribution in [1.29, 1.82) is 0 Å². The predicted octanol–water partition coefficient (Wildman–Crippen LogP) is 2.29. The van der Waals surface area contributed by atoms with Gasteiger partial charge in [-0.3, -0.25) is 14.9 Å². The molecule has 2 N–H and O–H groups in total. The maximum Gasteiger partial charge on any atom is 0.303 e. The number of aromatic nitrogens is 1. The summed E-state index contributed by atoms with van der Waals surface area (Å²) in [7, 11) is 0. The van der Waals surface area contributed by atoms with E-state index in [9.17, 15) is 14.9 Å². The molecule has 0 fully saturated rings. The Balaban J connectivity index is 2.34. The lowest BCUT2D eigenvalue weighted by molar-refractivity contribution is -0.384. The van der Waals surface area contributed by atoms with Crippen LogP contribution in [0, 0.1) is 16.0 Å². The van der Waals surface area contributed by atoms with Gasteiger partial charge in [0.1, 0.15) is 5.82 Å². The summed E-state index contributed by atoms with van der Waals surface area (Å²) in [5.74, 6) is -0.0536. The predicted molar refractivity (Wildman–Crippen MR) is 70.0 cm³/mol. The van der Waals surface area contributed by atoms with E-state index in [1.165, 1.54) is 18.3 Å². The van der Waals surface area contributed by atoms with E-state index in [-0.39, 0.29) is 18.0 Å². The summed E-state index contributed by atoms with van der Waals surface area (Å²) in [4.78, 5) is 24.5. The number of rotatable bonds is 8. The molecule has 19 heavy (non-hydrogen) atoms. The fourth-order valence-electron chi connectivity index (χ4n) is 1.59. The second-order valence-corrected chi connectivity index (χ2v) is 4.41. The van der Waals surface area contributed by atoms with Crippen molar-refractivity contribution in [2.45, 2.75) is 26.2 Å². The van der Waals surface area contributed by atoms with Crippen LogP contribution in [0.25, 0.3) is 0 Å². The Labute approximate surface area is 110 Å². The fourth-order valence-corrected chi connectivity index (χ4v) is 1.59. The van der Waals surface area contributed by atoms with Gasteiger partial charge in [0, 0.05) is 25.2 Å². The van der Waals surface area contributed by atoms with E-state index in [0.29, 0.717) is 18.8 Å². The summed E-state index contributed by atoms with van der Waals surface area (Å²) in [5, 5.41) is 22.1. The zero-order valence-electron chi connectivity index (χ0n) is 10.7. The van der Waals surface area contributed by atoms with E-state index in [4.69, 9.17) is 5.11 Å². The lowest BCUT2D eigenvalue weighted by Crippen LogP contribution is -2.09. The lowest BCUT2D eigenvalue weighted by atomic mass is 10.0. The molecule has 1 rings (SSSR count). The topological polar surface area (TPSA) is 105 Å². The SMILES string of the molecule is CC(CCNc1cc([N+](=O)[O-])ccn1)CCC(=O)O. The molecule has 1 unspecified atom stereocenters. The maximum atomic E-state index is 10.6. The van der Waals surface area contributed by atoms with Gasteiger partial charge in [-0.2, -0.15) is 0 Å². The van der Waals surface area contributed by atoms with Crippen LogP contribution >= 0.6 is 0 Å². The average molecular weight is 267 g/mol. The first-order chi connectivity index (χ1) is 8.99. The highest BCUT2D eigenvalue weighted by atomic mass is 16.6. The van der Waals surface area contributed by atoms with Crippen molar-refractivity contribution < 1.29 is 14.8 Å². The molecule has 0 aliphatic heterocycles. The summed E-state index contributed by atoms with van der Waals surface area (Å²) in [6.07, 6.45) is 2.96. The van der Waals surface area contributed by atoms with Crippen LogP contribution in [0.15, 0.2) is 18.3 Å². The third kappa shape index (κ3) is 5.80. The van der Waals surface area contributed by atoms with Crippen LogP contribution in [0.5, 0.6) is 0 Å². The largest absolute Gasteiger partial charge is 0.481 e. The first kappa shape index (κ1) is 14.9. The standard InChI is InChI=1S/C12H17N3O4/c1-9(2-3-12(16)17)4-6-13-11-8-10(15(18)19)5-7-14-11/h5,7-9H,2-4,6H2,1H3,(H,13,14)(H,16,17). The van der Waals surface area contributed by atoms with Crippen LogP contribution in [-0.4, -0.2) is 27.5 Å². The Bertz CT molecular complexity index is 450. The van der Waals surface area contributed by atoms with Gasteiger partial charge in [-0.15, -0.1) is 0 Å². The Kier molecular flexibility index (Phi) is 5.72. The summed E-state index contributed by atoms with van der Waals surface area (Å²) in [6.45, 7) is 2.58. The number of carboxylic acids is 1. The van der Waals surface area contributed by atoms with Gasteiger partial charge in [0.2, 0.25) is 0 Å². The molecule has 7 heteroatoms. The quantitative estimate of drug-likeness (QED) is 0.553. The summed E-state index contributed by atoms with van der Waals surface area (Å²) < 4.78 is 0. The summed E-state index contributed by atoms with van der Waals surface area (Å²) in [5.41, 5.74) is -0.00331. The Morgan fingerprint density at radius 1 is 1.58 bits per heavy atom. The molecule has 1 aromatic heterocycles. The van der Waals surface area contributed by atoms with Crippen LogP contribution < -0.4 is 5.32 Å². The van der Waals surface area contributed by atoms with Crippen LogP contribution in [0.2, 0.25) is 0 Å². The normalized spacial score (nSPS) is 11.8. The number of carboxylic acid groups (broad SMARTS) is 1. The summed E-state index contributed by atoms with van der Waals surface area (Å²) >= 11 is 0. The monoisotopic (exact) mass is 267 g/mol. The highest BCUT2D eigenvalue weighted by Crippen LogP contribution is 2.15. The van der Waals surface area contributed by atoms with Gasteiger partial charge in [-0.1, -0.05) is 6.92 Å². The van der Waals surface area contributed by atoms with Gasteiger partial charge in [0.05, 0.1) is 11.0 Å². The van der Waals surface area contributed by atoms with E-state index < -0.39 is 10.9 Å². The van der Waals surface area contributed by atoms with Gasteiger partial charge in [0.15, 0.2) is 0 Å². The van der Waals surface area contributed by atoms with Crippen LogP contribution in [-0.2, 0) is 4.79 Å². The van der Waals surface area contributed by atoms with Gasteiger partial charge >= 0.3 is 5.97 Å². The smallest absolute Gasteiger partial charge is 0.303 e. The van der Waals surface area contributed by atoms with Crippen LogP contribution in [0.3, 0.4) is 0 Å². The molecular weight excluding hydrogens is 250 g/mol. The molecule has 0 aliphatic carbocycles. The van der Waals surface area contributed by atoms with E-state index in [1.54, 1.807) is 0 Å². The number of nitrogens with zero attached hydrogens (tertiary/aromatic N) is 2. The molecule has 0 aromatic carbocycles. The van der Waals surface area contributed by atoms with E-state index in [0.717, 1.165) is 6.42 Å². The van der Waals surface area contributed by atoms with Gasteiger partial charge in [-0.25, -0.2) is 4.98 Å². The number of hydrogen-bond acceptors (Lipinski definition) is 5. The number of pyridine rings is 1. The van der Waals surface area contributed by atoms with Crippen molar-refractivity contribution in [3.63, 3.8) is 0 Å². The van der Waals surface area contributed by atoms with Crippen molar-refractivity contribution >= 4 is 17.5 Å². The first-order valence-corrected chi connectivity index (χ1v) is 6.05. The van der Waals surface area contributed by atoms with Gasteiger partial charge < -0.3 is 10.4 Å². The number of anilines is 1. The zero-order chi connectivity index (χ0) is 14.3. The highest BCUT2D eigenvalue weighted by Gasteiger charge is 2.08. The Morgan fingerprint density at radius 2 is 2.32 bits per heavy atom. The summed E-state index contributed by atoms with van der Waals surface area (Å²) in [6, 6.07) is 2.71. The fraction of sp³-hybridized carbons (Fsp3) is 0.500. The van der Waals surface area contributed by atoms with Crippen molar-refractivity contribution in [1.82, 2.24) is 4.98 Å². The van der Waals surface area contributed by atoms with E-state index >= 15 is 0 Å². The number of nitro groups is 1. The number of carbonyl (C=O) groups is 1. The minimum atomic E-state index is -0.792. The van der Waals surface area contributed by atoms with Gasteiger partial charge in [-0.05, 0) is 18.8 Å². The molecular formula is C12H17N3O4. The zero-order valence-corrected chi connectivity index (χ0v) is 10.7. The average Bonchev–Trinajstić information content (AvgIpc) is 2.36. The first-order valence-electron chi connectivity index (χ1n) is 6.05. The second-order valence-electron chi connectivity index (χ2n) is 4.41. The van der Waals surface area contributed by atoms with Crippen molar-refractivity contribution in [2.24, 2.45) is 5.92 Å². The van der Waals surface area contributed by atoms with Crippen molar-refractivity contribution in [2.75, 3.05) is 11.9 Å². The van der Waals surface area contributed by atoms with E-state index in [2.05, 4.69) is 10.3 Å². The van der Waals surface area contributed by atoms with Crippen LogP contribution in [0.4, 0.5) is 11.5 Å². The Morgan fingerprint density at radius 3 is 2.95 bits per heavy atom. The molecule has 0 bridgehead atoms. The number of aliphatic carboxylic acids is 1. The Hall–Kier alpha value is -2.18. The molecule has 0 amide bonds. The molecule has 1 heterocycles. The molecule has 1 aromatic rings. The third-order valence-corrected chi connectivity index (χ3v) is 2.75. The number of nitrogens with one attached hydrogen (secondary N) is 1. The van der Waals surface area contributed by atoms with Gasteiger partial charge in [0.25, 0.3) is 5.69 Å². The molecule has 0 radical (unpaired) electrons. The molecule has 7 nitrogen and oxygen atoms in total.